The first kappa shape index (κ1) is 16.2. The van der Waals surface area contributed by atoms with Crippen molar-refractivity contribution in [1.82, 2.24) is 9.13 Å². The molecule has 0 radical (unpaired) electrons. The zero-order valence-electron chi connectivity index (χ0n) is 12.3. The molecule has 0 atom stereocenters. The van der Waals surface area contributed by atoms with Gasteiger partial charge in [-0.15, -0.1) is 0 Å². The number of aromatic hydroxyl groups is 1. The highest BCUT2D eigenvalue weighted by atomic mass is 16.3. The number of rotatable bonds is 7. The third-order valence-electron chi connectivity index (χ3n) is 3.22. The summed E-state index contributed by atoms with van der Waals surface area (Å²) >= 11 is 0. The lowest BCUT2D eigenvalue weighted by Crippen LogP contribution is -2.42. The second kappa shape index (κ2) is 7.07. The van der Waals surface area contributed by atoms with Crippen LogP contribution in [0.25, 0.3) is 0 Å². The maximum Gasteiger partial charge on any atom is 0.333 e. The Morgan fingerprint density at radius 3 is 2.00 bits per heavy atom. The number of ketones is 1. The van der Waals surface area contributed by atoms with E-state index < -0.39 is 22.9 Å². The maximum absolute atomic E-state index is 12.3. The standard InChI is InChI=1S/C14H22N2O4/c1-4-6-8-15-12(18)11(10(3)17)13(19)16(14(15)20)9-7-5-2/h18H,4-9H2,1-3H3. The predicted octanol–water partition coefficient (Wildman–Crippen LogP) is 1.52. The molecule has 6 heteroatoms. The van der Waals surface area contributed by atoms with E-state index in [1.54, 1.807) is 0 Å². The van der Waals surface area contributed by atoms with Gasteiger partial charge in [-0.2, -0.15) is 0 Å². The topological polar surface area (TPSA) is 81.3 Å². The summed E-state index contributed by atoms with van der Waals surface area (Å²) in [4.78, 5) is 36.0. The molecule has 0 aliphatic carbocycles. The number of hydrogen-bond donors (Lipinski definition) is 1. The van der Waals surface area contributed by atoms with Crippen LogP contribution >= 0.6 is 0 Å². The number of carbonyl (C=O) groups excluding carboxylic acids is 1. The third kappa shape index (κ3) is 3.18. The molecule has 0 saturated heterocycles. The fraction of sp³-hybridized carbons (Fsp3) is 0.643. The van der Waals surface area contributed by atoms with Crippen LogP contribution in [0.5, 0.6) is 5.88 Å². The number of carbonyl (C=O) groups is 1. The van der Waals surface area contributed by atoms with E-state index in [2.05, 4.69) is 0 Å². The van der Waals surface area contributed by atoms with Crippen LogP contribution in [0.4, 0.5) is 0 Å². The highest BCUT2D eigenvalue weighted by Gasteiger charge is 2.21. The second-order valence-electron chi connectivity index (χ2n) is 4.85. The monoisotopic (exact) mass is 282 g/mol. The van der Waals surface area contributed by atoms with Crippen molar-refractivity contribution in [2.45, 2.75) is 59.5 Å². The highest BCUT2D eigenvalue weighted by molar-refractivity contribution is 5.95. The van der Waals surface area contributed by atoms with E-state index in [0.717, 1.165) is 22.0 Å². The minimum absolute atomic E-state index is 0.265. The first-order valence-corrected chi connectivity index (χ1v) is 7.03. The molecule has 112 valence electrons. The zero-order valence-corrected chi connectivity index (χ0v) is 12.3. The van der Waals surface area contributed by atoms with Crippen molar-refractivity contribution in [2.75, 3.05) is 0 Å². The van der Waals surface area contributed by atoms with E-state index in [-0.39, 0.29) is 12.1 Å². The Morgan fingerprint density at radius 2 is 1.55 bits per heavy atom. The van der Waals surface area contributed by atoms with Crippen molar-refractivity contribution >= 4 is 5.78 Å². The molecular formula is C14H22N2O4. The van der Waals surface area contributed by atoms with Gasteiger partial charge in [0, 0.05) is 13.1 Å². The van der Waals surface area contributed by atoms with Gasteiger partial charge in [-0.05, 0) is 19.8 Å². The van der Waals surface area contributed by atoms with Crippen LogP contribution < -0.4 is 11.2 Å². The van der Waals surface area contributed by atoms with E-state index in [9.17, 15) is 19.5 Å². The molecular weight excluding hydrogens is 260 g/mol. The molecule has 0 unspecified atom stereocenters. The summed E-state index contributed by atoms with van der Waals surface area (Å²) in [5, 5.41) is 10.0. The van der Waals surface area contributed by atoms with Crippen molar-refractivity contribution in [3.8, 4) is 5.88 Å². The minimum atomic E-state index is -0.693. The molecule has 1 heterocycles. The summed E-state index contributed by atoms with van der Waals surface area (Å²) in [6, 6.07) is 0. The van der Waals surface area contributed by atoms with E-state index in [0.29, 0.717) is 19.4 Å². The Kier molecular flexibility index (Phi) is 5.73. The first-order chi connectivity index (χ1) is 9.45. The van der Waals surface area contributed by atoms with Gasteiger partial charge in [0.15, 0.2) is 5.78 Å². The summed E-state index contributed by atoms with van der Waals surface area (Å²) in [6.07, 6.45) is 3.04. The molecule has 1 N–H and O–H groups in total. The normalized spacial score (nSPS) is 10.8. The molecule has 1 aromatic heterocycles. The lowest BCUT2D eigenvalue weighted by Gasteiger charge is -2.14. The molecule has 0 aliphatic rings. The van der Waals surface area contributed by atoms with Crippen LogP contribution in [0, 0.1) is 0 Å². The Balaban J connectivity index is 3.52. The number of hydrogen-bond acceptors (Lipinski definition) is 4. The Labute approximate surface area is 117 Å². The quantitative estimate of drug-likeness (QED) is 0.769. The summed E-state index contributed by atoms with van der Waals surface area (Å²) < 4.78 is 2.17. The van der Waals surface area contributed by atoms with Crippen molar-refractivity contribution in [1.29, 1.82) is 0 Å². The van der Waals surface area contributed by atoms with E-state index >= 15 is 0 Å². The fourth-order valence-electron chi connectivity index (χ4n) is 2.03. The molecule has 0 fully saturated rings. The molecule has 0 spiro atoms. The third-order valence-corrected chi connectivity index (χ3v) is 3.22. The average molecular weight is 282 g/mol. The molecule has 1 aromatic rings. The summed E-state index contributed by atoms with van der Waals surface area (Å²) in [7, 11) is 0. The van der Waals surface area contributed by atoms with Crippen molar-refractivity contribution in [3.63, 3.8) is 0 Å². The SMILES string of the molecule is CCCCn1c(O)c(C(C)=O)c(=O)n(CCCC)c1=O. The van der Waals surface area contributed by atoms with E-state index in [4.69, 9.17) is 0 Å². The summed E-state index contributed by atoms with van der Waals surface area (Å²) in [5.41, 5.74) is -1.53. The lowest BCUT2D eigenvalue weighted by molar-refractivity contribution is 0.101. The number of unbranched alkanes of at least 4 members (excludes halogenated alkanes) is 2. The van der Waals surface area contributed by atoms with E-state index in [1.165, 1.54) is 6.92 Å². The molecule has 20 heavy (non-hydrogen) atoms. The largest absolute Gasteiger partial charge is 0.494 e. The van der Waals surface area contributed by atoms with Gasteiger partial charge in [0.1, 0.15) is 5.56 Å². The van der Waals surface area contributed by atoms with Gasteiger partial charge in [-0.3, -0.25) is 18.7 Å². The second-order valence-corrected chi connectivity index (χ2v) is 4.85. The summed E-state index contributed by atoms with van der Waals surface area (Å²) in [6.45, 7) is 5.69. The Hall–Kier alpha value is -1.85. The Morgan fingerprint density at radius 1 is 1.05 bits per heavy atom. The smallest absolute Gasteiger partial charge is 0.333 e. The van der Waals surface area contributed by atoms with Crippen LogP contribution in [0.15, 0.2) is 9.59 Å². The van der Waals surface area contributed by atoms with E-state index in [1.807, 2.05) is 13.8 Å². The fourth-order valence-corrected chi connectivity index (χ4v) is 2.03. The zero-order chi connectivity index (χ0) is 15.3. The highest BCUT2D eigenvalue weighted by Crippen LogP contribution is 2.12. The van der Waals surface area contributed by atoms with Crippen LogP contribution in [-0.2, 0) is 13.1 Å². The number of Topliss-reactive ketones (excluding diaryl/α,β-unsaturated/α-hetero) is 1. The van der Waals surface area contributed by atoms with Gasteiger partial charge in [0.25, 0.3) is 5.56 Å². The number of aromatic nitrogens is 2. The number of nitrogens with zero attached hydrogens (tertiary/aromatic N) is 2. The van der Waals surface area contributed by atoms with Crippen molar-refractivity contribution in [3.05, 3.63) is 26.4 Å². The van der Waals surface area contributed by atoms with Gasteiger partial charge >= 0.3 is 5.69 Å². The average Bonchev–Trinajstić information content (AvgIpc) is 2.38. The summed E-state index contributed by atoms with van der Waals surface area (Å²) in [5.74, 6) is -1.03. The Bertz CT molecular complexity index is 598. The molecule has 0 aromatic carbocycles. The lowest BCUT2D eigenvalue weighted by atomic mass is 10.2. The van der Waals surface area contributed by atoms with Gasteiger partial charge in [-0.1, -0.05) is 26.7 Å². The predicted molar refractivity (Wildman–Crippen MR) is 76.4 cm³/mol. The van der Waals surface area contributed by atoms with Gasteiger partial charge in [0.2, 0.25) is 5.88 Å². The molecule has 0 saturated carbocycles. The molecule has 1 rings (SSSR count). The maximum atomic E-state index is 12.3. The van der Waals surface area contributed by atoms with Crippen molar-refractivity contribution in [2.24, 2.45) is 0 Å². The van der Waals surface area contributed by atoms with Crippen LogP contribution in [0.1, 0.15) is 56.8 Å². The van der Waals surface area contributed by atoms with Crippen molar-refractivity contribution < 1.29 is 9.90 Å². The van der Waals surface area contributed by atoms with Gasteiger partial charge < -0.3 is 5.11 Å². The minimum Gasteiger partial charge on any atom is -0.494 e. The van der Waals surface area contributed by atoms with Crippen LogP contribution in [-0.4, -0.2) is 20.0 Å². The molecule has 0 bridgehead atoms. The van der Waals surface area contributed by atoms with Gasteiger partial charge in [-0.25, -0.2) is 4.79 Å². The van der Waals surface area contributed by atoms with Crippen LogP contribution in [0.2, 0.25) is 0 Å². The molecule has 0 amide bonds. The molecule has 0 aliphatic heterocycles. The van der Waals surface area contributed by atoms with Crippen LogP contribution in [0.3, 0.4) is 0 Å². The van der Waals surface area contributed by atoms with Gasteiger partial charge in [0.05, 0.1) is 0 Å². The first-order valence-electron chi connectivity index (χ1n) is 7.03. The molecule has 6 nitrogen and oxygen atoms in total.